The van der Waals surface area contributed by atoms with Crippen LogP contribution in [0.1, 0.15) is 18.9 Å². The van der Waals surface area contributed by atoms with Crippen LogP contribution in [0.15, 0.2) is 55.0 Å². The molecule has 1 amide bonds. The Morgan fingerprint density at radius 1 is 1.15 bits per heavy atom. The molecular formula is C25H28N6O2. The molecule has 4 aromatic rings. The van der Waals surface area contributed by atoms with Crippen LogP contribution in [0.3, 0.4) is 0 Å². The lowest BCUT2D eigenvalue weighted by atomic mass is 9.99. The summed E-state index contributed by atoms with van der Waals surface area (Å²) in [5.41, 5.74) is 6.43. The third-order valence-corrected chi connectivity index (χ3v) is 5.25. The molecule has 0 radical (unpaired) electrons. The molecule has 0 fully saturated rings. The van der Waals surface area contributed by atoms with E-state index in [4.69, 9.17) is 4.74 Å². The molecule has 0 aliphatic heterocycles. The second-order valence-corrected chi connectivity index (χ2v) is 8.05. The molecule has 4 rings (SSSR count). The highest BCUT2D eigenvalue weighted by atomic mass is 16.5. The van der Waals surface area contributed by atoms with Crippen molar-refractivity contribution in [1.29, 1.82) is 0 Å². The van der Waals surface area contributed by atoms with Crippen molar-refractivity contribution < 1.29 is 9.53 Å². The quantitative estimate of drug-likeness (QED) is 0.407. The number of nitrogens with one attached hydrogen (secondary N) is 2. The highest BCUT2D eigenvalue weighted by Gasteiger charge is 2.15. The van der Waals surface area contributed by atoms with Crippen LogP contribution in [0.25, 0.3) is 33.4 Å². The zero-order chi connectivity index (χ0) is 23.2. The monoisotopic (exact) mass is 444 g/mol. The molecule has 8 heteroatoms. The van der Waals surface area contributed by atoms with Gasteiger partial charge in [0.05, 0.1) is 23.3 Å². The number of anilines is 1. The summed E-state index contributed by atoms with van der Waals surface area (Å²) in [6, 6.07) is 12.2. The molecule has 3 aromatic heterocycles. The van der Waals surface area contributed by atoms with Gasteiger partial charge in [-0.1, -0.05) is 6.07 Å². The molecular weight excluding hydrogens is 416 g/mol. The Morgan fingerprint density at radius 2 is 2.03 bits per heavy atom. The molecule has 0 spiro atoms. The van der Waals surface area contributed by atoms with Gasteiger partial charge < -0.3 is 14.6 Å². The number of fused-ring (bicyclic) bond motifs is 1. The normalized spacial score (nSPS) is 11.2. The Balaban J connectivity index is 1.76. The number of hydrogen-bond acceptors (Lipinski definition) is 6. The topological polar surface area (TPSA) is 96.0 Å². The number of amides is 1. The molecule has 0 aliphatic carbocycles. The van der Waals surface area contributed by atoms with Gasteiger partial charge in [-0.25, -0.2) is 9.78 Å². The van der Waals surface area contributed by atoms with Crippen molar-refractivity contribution in [1.82, 2.24) is 24.8 Å². The smallest absolute Gasteiger partial charge is 0.413 e. The van der Waals surface area contributed by atoms with E-state index in [9.17, 15) is 4.79 Å². The van der Waals surface area contributed by atoms with Crippen molar-refractivity contribution in [2.75, 3.05) is 32.6 Å². The van der Waals surface area contributed by atoms with E-state index in [0.717, 1.165) is 52.8 Å². The van der Waals surface area contributed by atoms with Crippen molar-refractivity contribution in [2.45, 2.75) is 19.8 Å². The van der Waals surface area contributed by atoms with Crippen LogP contribution < -0.4 is 5.32 Å². The van der Waals surface area contributed by atoms with Gasteiger partial charge in [0, 0.05) is 29.7 Å². The van der Waals surface area contributed by atoms with Crippen molar-refractivity contribution in [3.63, 3.8) is 0 Å². The van der Waals surface area contributed by atoms with Gasteiger partial charge in [0.25, 0.3) is 0 Å². The summed E-state index contributed by atoms with van der Waals surface area (Å²) < 4.78 is 4.99. The average molecular weight is 445 g/mol. The third kappa shape index (κ3) is 5.53. The number of hydrogen-bond donors (Lipinski definition) is 2. The van der Waals surface area contributed by atoms with Gasteiger partial charge in [-0.3, -0.25) is 15.3 Å². The molecule has 0 bridgehead atoms. The number of aromatic amines is 1. The predicted molar refractivity (Wildman–Crippen MR) is 130 cm³/mol. The van der Waals surface area contributed by atoms with Crippen LogP contribution >= 0.6 is 0 Å². The van der Waals surface area contributed by atoms with E-state index in [2.05, 4.69) is 62.4 Å². The minimum absolute atomic E-state index is 0.285. The van der Waals surface area contributed by atoms with Crippen molar-refractivity contribution in [2.24, 2.45) is 0 Å². The summed E-state index contributed by atoms with van der Waals surface area (Å²) in [7, 11) is 4.16. The standard InChI is InChI=1S/C25H28N6O2/c1-4-33-25(32)30-24-28-22-15-19(18-8-5-10-26-16-18)14-20(23(22)29-24)21-13-17(9-11-27-21)7-6-12-31(2)3/h5,8-11,13-16H,4,6-7,12H2,1-3H3,(H2,28,29,30,32). The highest BCUT2D eigenvalue weighted by Crippen LogP contribution is 2.33. The minimum atomic E-state index is -0.549. The molecule has 2 N–H and O–H groups in total. The number of carbonyl (C=O) groups is 1. The zero-order valence-electron chi connectivity index (χ0n) is 19.1. The molecule has 33 heavy (non-hydrogen) atoms. The Hall–Kier alpha value is -3.78. The maximum absolute atomic E-state index is 11.9. The first-order chi connectivity index (χ1) is 16.0. The van der Waals surface area contributed by atoms with Crippen molar-refractivity contribution >= 4 is 23.1 Å². The summed E-state index contributed by atoms with van der Waals surface area (Å²) in [5, 5.41) is 2.65. The molecule has 170 valence electrons. The van der Waals surface area contributed by atoms with E-state index in [1.165, 1.54) is 5.56 Å². The third-order valence-electron chi connectivity index (χ3n) is 5.25. The number of H-pyrrole nitrogens is 1. The SMILES string of the molecule is CCOC(=O)Nc1nc2c(-c3cc(CCCN(C)C)ccn3)cc(-c3cccnc3)cc2[nH]1. The van der Waals surface area contributed by atoms with Gasteiger partial charge in [0.1, 0.15) is 0 Å². The van der Waals surface area contributed by atoms with E-state index in [1.807, 2.05) is 30.6 Å². The molecule has 1 aromatic carbocycles. The van der Waals surface area contributed by atoms with Crippen molar-refractivity contribution in [3.8, 4) is 22.4 Å². The van der Waals surface area contributed by atoms with Crippen molar-refractivity contribution in [3.05, 3.63) is 60.6 Å². The van der Waals surface area contributed by atoms with E-state index in [-0.39, 0.29) is 6.61 Å². The van der Waals surface area contributed by atoms with Crippen LogP contribution in [0.2, 0.25) is 0 Å². The molecule has 3 heterocycles. The number of carbonyl (C=O) groups excluding carboxylic acids is 1. The zero-order valence-corrected chi connectivity index (χ0v) is 19.1. The first kappa shape index (κ1) is 22.4. The molecule has 8 nitrogen and oxygen atoms in total. The number of ether oxygens (including phenoxy) is 1. The first-order valence-corrected chi connectivity index (χ1v) is 11.0. The van der Waals surface area contributed by atoms with Crippen LogP contribution in [0.4, 0.5) is 10.7 Å². The van der Waals surface area contributed by atoms with Crippen LogP contribution in [-0.2, 0) is 11.2 Å². The van der Waals surface area contributed by atoms with E-state index < -0.39 is 6.09 Å². The summed E-state index contributed by atoms with van der Waals surface area (Å²) in [5.74, 6) is 0.329. The summed E-state index contributed by atoms with van der Waals surface area (Å²) in [6.07, 6.45) is 6.90. The Morgan fingerprint density at radius 3 is 2.79 bits per heavy atom. The molecule has 0 saturated heterocycles. The van der Waals surface area contributed by atoms with Gasteiger partial charge in [0.2, 0.25) is 5.95 Å². The first-order valence-electron chi connectivity index (χ1n) is 11.0. The molecule has 0 aliphatic rings. The average Bonchev–Trinajstić information content (AvgIpc) is 3.21. The van der Waals surface area contributed by atoms with E-state index in [1.54, 1.807) is 13.1 Å². The summed E-state index contributed by atoms with van der Waals surface area (Å²) in [6.45, 7) is 3.07. The van der Waals surface area contributed by atoms with Gasteiger partial charge in [-0.2, -0.15) is 0 Å². The Labute approximate surface area is 193 Å². The number of rotatable bonds is 8. The second kappa shape index (κ2) is 10.2. The van der Waals surface area contributed by atoms with Gasteiger partial charge >= 0.3 is 6.09 Å². The predicted octanol–water partition coefficient (Wildman–Crippen LogP) is 4.75. The maximum atomic E-state index is 11.9. The lowest BCUT2D eigenvalue weighted by Crippen LogP contribution is -2.14. The Bertz CT molecular complexity index is 1240. The number of benzene rings is 1. The second-order valence-electron chi connectivity index (χ2n) is 8.05. The fourth-order valence-corrected chi connectivity index (χ4v) is 3.71. The van der Waals surface area contributed by atoms with Crippen LogP contribution in [0, 0.1) is 0 Å². The maximum Gasteiger partial charge on any atom is 0.413 e. The number of pyridine rings is 2. The Kier molecular flexibility index (Phi) is 6.95. The summed E-state index contributed by atoms with van der Waals surface area (Å²) >= 11 is 0. The van der Waals surface area contributed by atoms with E-state index in [0.29, 0.717) is 5.95 Å². The fourth-order valence-electron chi connectivity index (χ4n) is 3.71. The van der Waals surface area contributed by atoms with Gasteiger partial charge in [0.15, 0.2) is 0 Å². The van der Waals surface area contributed by atoms with Crippen LogP contribution in [-0.4, -0.2) is 58.2 Å². The number of aromatic nitrogens is 4. The largest absolute Gasteiger partial charge is 0.450 e. The fraction of sp³-hybridized carbons (Fsp3) is 0.280. The van der Waals surface area contributed by atoms with Gasteiger partial charge in [-0.15, -0.1) is 0 Å². The van der Waals surface area contributed by atoms with Gasteiger partial charge in [-0.05, 0) is 81.9 Å². The highest BCUT2D eigenvalue weighted by molar-refractivity contribution is 5.97. The molecule has 0 atom stereocenters. The molecule has 0 unspecified atom stereocenters. The summed E-state index contributed by atoms with van der Waals surface area (Å²) in [4.78, 5) is 30.8. The van der Waals surface area contributed by atoms with Crippen LogP contribution in [0.5, 0.6) is 0 Å². The number of aryl methyl sites for hydroxylation is 1. The number of imidazole rings is 1. The minimum Gasteiger partial charge on any atom is -0.450 e. The molecule has 0 saturated carbocycles. The van der Waals surface area contributed by atoms with E-state index >= 15 is 0 Å². The number of nitrogens with zero attached hydrogens (tertiary/aromatic N) is 4. The lowest BCUT2D eigenvalue weighted by molar-refractivity contribution is 0.167. The lowest BCUT2D eigenvalue weighted by Gasteiger charge is -2.10.